The number of fused-ring (bicyclic) bond motifs is 1. The van der Waals surface area contributed by atoms with E-state index in [1.807, 2.05) is 73.7 Å². The first-order valence-corrected chi connectivity index (χ1v) is 8.97. The molecule has 3 aromatic carbocycles. The van der Waals surface area contributed by atoms with Crippen LogP contribution < -0.4 is 0 Å². The first-order chi connectivity index (χ1) is 13.1. The van der Waals surface area contributed by atoms with Crippen LogP contribution >= 0.6 is 11.6 Å². The highest BCUT2D eigenvalue weighted by atomic mass is 35.5. The van der Waals surface area contributed by atoms with Gasteiger partial charge < -0.3 is 4.74 Å². The minimum Gasteiger partial charge on any atom is -0.457 e. The molecule has 0 saturated heterocycles. The van der Waals surface area contributed by atoms with Crippen molar-refractivity contribution in [2.75, 3.05) is 0 Å². The van der Waals surface area contributed by atoms with Gasteiger partial charge in [0, 0.05) is 5.56 Å². The van der Waals surface area contributed by atoms with Gasteiger partial charge in [-0.25, -0.2) is 9.48 Å². The van der Waals surface area contributed by atoms with Crippen LogP contribution in [0.15, 0.2) is 72.8 Å². The second-order valence-corrected chi connectivity index (χ2v) is 6.56. The van der Waals surface area contributed by atoms with Crippen LogP contribution in [0.4, 0.5) is 0 Å². The molecule has 0 N–H and O–H groups in total. The number of halogens is 1. The maximum absolute atomic E-state index is 12.6. The standard InChI is InChI=1S/C22H17ClN2O2/c1-15-20(21(23)25(24-15)17-10-3-2-4-11-17)14-27-22(26)19-13-7-9-16-8-5-6-12-18(16)19/h2-13H,14H2,1H3. The molecule has 0 aliphatic carbocycles. The molecular weight excluding hydrogens is 360 g/mol. The second-order valence-electron chi connectivity index (χ2n) is 6.20. The summed E-state index contributed by atoms with van der Waals surface area (Å²) in [6.07, 6.45) is 0. The van der Waals surface area contributed by atoms with Gasteiger partial charge in [-0.2, -0.15) is 5.10 Å². The average molecular weight is 377 g/mol. The Morgan fingerprint density at radius 3 is 2.52 bits per heavy atom. The molecule has 27 heavy (non-hydrogen) atoms. The normalized spacial score (nSPS) is 10.9. The Morgan fingerprint density at radius 1 is 1.00 bits per heavy atom. The molecule has 0 radical (unpaired) electrons. The molecule has 0 aliphatic heterocycles. The van der Waals surface area contributed by atoms with Gasteiger partial charge in [-0.1, -0.05) is 66.2 Å². The summed E-state index contributed by atoms with van der Waals surface area (Å²) in [5, 5.41) is 6.79. The molecule has 1 heterocycles. The van der Waals surface area contributed by atoms with Gasteiger partial charge in [0.05, 0.1) is 16.9 Å². The number of benzene rings is 3. The molecular formula is C22H17ClN2O2. The van der Waals surface area contributed by atoms with E-state index in [1.54, 1.807) is 10.7 Å². The van der Waals surface area contributed by atoms with E-state index >= 15 is 0 Å². The fourth-order valence-electron chi connectivity index (χ4n) is 3.05. The smallest absolute Gasteiger partial charge is 0.339 e. The molecule has 4 nitrogen and oxygen atoms in total. The molecule has 0 spiro atoms. The first-order valence-electron chi connectivity index (χ1n) is 8.59. The zero-order valence-electron chi connectivity index (χ0n) is 14.7. The van der Waals surface area contributed by atoms with Gasteiger partial charge in [0.25, 0.3) is 0 Å². The van der Waals surface area contributed by atoms with Crippen LogP contribution in [0.5, 0.6) is 0 Å². The van der Waals surface area contributed by atoms with Crippen LogP contribution in [-0.2, 0) is 11.3 Å². The monoisotopic (exact) mass is 376 g/mol. The number of rotatable bonds is 4. The van der Waals surface area contributed by atoms with Crippen LogP contribution in [0.1, 0.15) is 21.6 Å². The van der Waals surface area contributed by atoms with E-state index in [0.29, 0.717) is 16.3 Å². The van der Waals surface area contributed by atoms with Gasteiger partial charge in [-0.05, 0) is 35.9 Å². The Balaban J connectivity index is 1.59. The Hall–Kier alpha value is -3.11. The Kier molecular flexibility index (Phi) is 4.65. The van der Waals surface area contributed by atoms with Crippen molar-refractivity contribution in [3.63, 3.8) is 0 Å². The van der Waals surface area contributed by atoms with Gasteiger partial charge >= 0.3 is 5.97 Å². The van der Waals surface area contributed by atoms with E-state index in [0.717, 1.165) is 22.2 Å². The Bertz CT molecular complexity index is 1110. The van der Waals surface area contributed by atoms with Crippen molar-refractivity contribution < 1.29 is 9.53 Å². The molecule has 0 atom stereocenters. The van der Waals surface area contributed by atoms with Gasteiger partial charge in [0.15, 0.2) is 0 Å². The van der Waals surface area contributed by atoms with Crippen LogP contribution in [0.25, 0.3) is 16.5 Å². The number of esters is 1. The molecule has 5 heteroatoms. The topological polar surface area (TPSA) is 44.1 Å². The summed E-state index contributed by atoms with van der Waals surface area (Å²) in [6.45, 7) is 1.92. The quantitative estimate of drug-likeness (QED) is 0.451. The predicted octanol–water partition coefficient (Wildman–Crippen LogP) is 5.34. The van der Waals surface area contributed by atoms with E-state index in [1.165, 1.54) is 0 Å². The van der Waals surface area contributed by atoms with Gasteiger partial charge in [0.1, 0.15) is 11.8 Å². The third kappa shape index (κ3) is 3.32. The van der Waals surface area contributed by atoms with Crippen LogP contribution in [0, 0.1) is 6.92 Å². The summed E-state index contributed by atoms with van der Waals surface area (Å²) >= 11 is 6.50. The van der Waals surface area contributed by atoms with Crippen molar-refractivity contribution in [2.24, 2.45) is 0 Å². The molecule has 0 unspecified atom stereocenters. The van der Waals surface area contributed by atoms with Crippen LogP contribution in [0.3, 0.4) is 0 Å². The number of ether oxygens (including phenoxy) is 1. The van der Waals surface area contributed by atoms with Crippen molar-refractivity contribution in [2.45, 2.75) is 13.5 Å². The SMILES string of the molecule is Cc1nn(-c2ccccc2)c(Cl)c1COC(=O)c1cccc2ccccc12. The number of para-hydroxylation sites is 1. The molecule has 1 aromatic heterocycles. The summed E-state index contributed by atoms with van der Waals surface area (Å²) in [5.41, 5.74) is 2.83. The molecule has 0 fully saturated rings. The third-order valence-corrected chi connectivity index (χ3v) is 4.87. The van der Waals surface area contributed by atoms with E-state index in [4.69, 9.17) is 16.3 Å². The van der Waals surface area contributed by atoms with Crippen molar-refractivity contribution in [1.29, 1.82) is 0 Å². The molecule has 4 rings (SSSR count). The summed E-state index contributed by atoms with van der Waals surface area (Å²) in [7, 11) is 0. The van der Waals surface area contributed by atoms with Gasteiger partial charge in [-0.15, -0.1) is 0 Å². The van der Waals surface area contributed by atoms with E-state index in [9.17, 15) is 4.79 Å². The van der Waals surface area contributed by atoms with Crippen molar-refractivity contribution in [3.05, 3.63) is 94.8 Å². The third-order valence-electron chi connectivity index (χ3n) is 4.48. The Labute approximate surface area is 162 Å². The largest absolute Gasteiger partial charge is 0.457 e. The zero-order valence-corrected chi connectivity index (χ0v) is 15.5. The fraction of sp³-hybridized carbons (Fsp3) is 0.0909. The highest BCUT2D eigenvalue weighted by Crippen LogP contribution is 2.25. The minimum atomic E-state index is -0.380. The highest BCUT2D eigenvalue weighted by Gasteiger charge is 2.18. The number of carbonyl (C=O) groups excluding carboxylic acids is 1. The summed E-state index contributed by atoms with van der Waals surface area (Å²) in [5.74, 6) is -0.380. The summed E-state index contributed by atoms with van der Waals surface area (Å²) in [6, 6.07) is 22.9. The van der Waals surface area contributed by atoms with Crippen molar-refractivity contribution in [3.8, 4) is 5.69 Å². The average Bonchev–Trinajstić information content (AvgIpc) is 3.00. The number of nitrogens with zero attached hydrogens (tertiary/aromatic N) is 2. The lowest BCUT2D eigenvalue weighted by Gasteiger charge is -2.08. The minimum absolute atomic E-state index is 0.0690. The summed E-state index contributed by atoms with van der Waals surface area (Å²) < 4.78 is 7.21. The molecule has 0 aliphatic rings. The second kappa shape index (κ2) is 7.25. The lowest BCUT2D eigenvalue weighted by Crippen LogP contribution is -2.06. The number of aryl methyl sites for hydroxylation is 1. The predicted molar refractivity (Wildman–Crippen MR) is 106 cm³/mol. The van der Waals surface area contributed by atoms with Gasteiger partial charge in [0.2, 0.25) is 0 Å². The summed E-state index contributed by atoms with van der Waals surface area (Å²) in [4.78, 5) is 12.6. The molecule has 134 valence electrons. The van der Waals surface area contributed by atoms with E-state index in [2.05, 4.69) is 5.10 Å². The Morgan fingerprint density at radius 2 is 1.70 bits per heavy atom. The number of hydrogen-bond donors (Lipinski definition) is 0. The molecule has 0 saturated carbocycles. The number of aromatic nitrogens is 2. The maximum Gasteiger partial charge on any atom is 0.339 e. The van der Waals surface area contributed by atoms with Crippen LogP contribution in [-0.4, -0.2) is 15.7 Å². The molecule has 4 aromatic rings. The van der Waals surface area contributed by atoms with E-state index in [-0.39, 0.29) is 12.6 Å². The first kappa shape index (κ1) is 17.3. The van der Waals surface area contributed by atoms with Crippen molar-refractivity contribution >= 4 is 28.3 Å². The van der Waals surface area contributed by atoms with Crippen molar-refractivity contribution in [1.82, 2.24) is 9.78 Å². The maximum atomic E-state index is 12.6. The fourth-order valence-corrected chi connectivity index (χ4v) is 3.38. The lowest BCUT2D eigenvalue weighted by molar-refractivity contribution is 0.0474. The van der Waals surface area contributed by atoms with E-state index < -0.39 is 0 Å². The zero-order chi connectivity index (χ0) is 18.8. The molecule has 0 bridgehead atoms. The molecule has 0 amide bonds. The number of carbonyl (C=O) groups is 1. The highest BCUT2D eigenvalue weighted by molar-refractivity contribution is 6.30. The lowest BCUT2D eigenvalue weighted by atomic mass is 10.0. The van der Waals surface area contributed by atoms with Gasteiger partial charge in [-0.3, -0.25) is 0 Å². The van der Waals surface area contributed by atoms with Crippen LogP contribution in [0.2, 0.25) is 5.15 Å². The number of hydrogen-bond acceptors (Lipinski definition) is 3.